The molecular formula is C21H28BFO4. The summed E-state index contributed by atoms with van der Waals surface area (Å²) in [5.74, 6) is 0.574. The Bertz CT molecular complexity index is 764. The Balaban J connectivity index is 1.79. The van der Waals surface area contributed by atoms with Gasteiger partial charge in [-0.1, -0.05) is 12.5 Å². The van der Waals surface area contributed by atoms with E-state index in [2.05, 4.69) is 0 Å². The molecule has 27 heavy (non-hydrogen) atoms. The van der Waals surface area contributed by atoms with Crippen LogP contribution in [0.4, 0.5) is 4.39 Å². The van der Waals surface area contributed by atoms with Crippen molar-refractivity contribution in [3.05, 3.63) is 29.5 Å². The van der Waals surface area contributed by atoms with E-state index in [-0.39, 0.29) is 5.75 Å². The Kier molecular flexibility index (Phi) is 4.35. The zero-order valence-electron chi connectivity index (χ0n) is 16.6. The second-order valence-electron chi connectivity index (χ2n) is 9.09. The molecule has 3 aliphatic rings. The third-order valence-corrected chi connectivity index (χ3v) is 6.64. The summed E-state index contributed by atoms with van der Waals surface area (Å²) in [4.78, 5) is 0. The quantitative estimate of drug-likeness (QED) is 0.688. The molecule has 1 saturated heterocycles. The maximum atomic E-state index is 15.7. The molecule has 0 unspecified atom stereocenters. The lowest BCUT2D eigenvalue weighted by Crippen LogP contribution is -2.41. The number of phenols is 1. The Hall–Kier alpha value is -1.53. The van der Waals surface area contributed by atoms with Gasteiger partial charge in [0, 0.05) is 6.42 Å². The molecule has 0 radical (unpaired) electrons. The fourth-order valence-electron chi connectivity index (χ4n) is 4.36. The third-order valence-electron chi connectivity index (χ3n) is 6.64. The predicted octanol–water partition coefficient (Wildman–Crippen LogP) is 5.19. The van der Waals surface area contributed by atoms with E-state index in [1.54, 1.807) is 12.1 Å². The molecule has 1 saturated carbocycles. The monoisotopic (exact) mass is 374 g/mol. The first-order chi connectivity index (χ1) is 12.6. The van der Waals surface area contributed by atoms with Gasteiger partial charge in [-0.3, -0.25) is 0 Å². The van der Waals surface area contributed by atoms with Crippen LogP contribution < -0.4 is 4.74 Å². The van der Waals surface area contributed by atoms with Gasteiger partial charge in [-0.2, -0.15) is 0 Å². The molecule has 0 amide bonds. The summed E-state index contributed by atoms with van der Waals surface area (Å²) in [7, 11) is -1.07. The minimum atomic E-state index is -1.07. The fourth-order valence-corrected chi connectivity index (χ4v) is 4.36. The van der Waals surface area contributed by atoms with Crippen molar-refractivity contribution in [1.82, 2.24) is 0 Å². The molecule has 6 heteroatoms. The van der Waals surface area contributed by atoms with Crippen LogP contribution in [0.25, 0.3) is 5.57 Å². The summed E-state index contributed by atoms with van der Waals surface area (Å²) in [5, 5.41) is 10.4. The highest BCUT2D eigenvalue weighted by Crippen LogP contribution is 2.51. The molecule has 2 fully saturated rings. The molecule has 146 valence electrons. The number of aromatic hydroxyl groups is 1. The van der Waals surface area contributed by atoms with Gasteiger partial charge >= 0.3 is 7.12 Å². The predicted molar refractivity (Wildman–Crippen MR) is 103 cm³/mol. The van der Waals surface area contributed by atoms with E-state index in [4.69, 9.17) is 14.0 Å². The molecule has 1 aromatic carbocycles. The van der Waals surface area contributed by atoms with Crippen molar-refractivity contribution in [2.75, 3.05) is 0 Å². The molecule has 1 N–H and O–H groups in total. The van der Waals surface area contributed by atoms with Crippen LogP contribution >= 0.6 is 0 Å². The second-order valence-corrected chi connectivity index (χ2v) is 9.09. The zero-order valence-corrected chi connectivity index (χ0v) is 16.6. The topological polar surface area (TPSA) is 47.9 Å². The van der Waals surface area contributed by atoms with Gasteiger partial charge in [0.05, 0.1) is 16.8 Å². The third kappa shape index (κ3) is 3.07. The molecule has 4 nitrogen and oxygen atoms in total. The van der Waals surface area contributed by atoms with Crippen molar-refractivity contribution in [2.45, 2.75) is 83.0 Å². The number of rotatable bonds is 1. The van der Waals surface area contributed by atoms with Gasteiger partial charge in [0.1, 0.15) is 22.8 Å². The largest absolute Gasteiger partial charge is 0.525 e. The fraction of sp³-hybridized carbons (Fsp3) is 0.619. The van der Waals surface area contributed by atoms with Gasteiger partial charge in [-0.05, 0) is 71.1 Å². The highest BCUT2D eigenvalue weighted by molar-refractivity contribution is 6.55. The molecule has 1 aliphatic carbocycles. The van der Waals surface area contributed by atoms with Crippen molar-refractivity contribution >= 4 is 12.7 Å². The normalized spacial score (nSPS) is 27.2. The van der Waals surface area contributed by atoms with Crippen molar-refractivity contribution in [3.8, 4) is 11.5 Å². The van der Waals surface area contributed by atoms with Gasteiger partial charge in [0.25, 0.3) is 0 Å². The average Bonchev–Trinajstić information content (AvgIpc) is 2.82. The van der Waals surface area contributed by atoms with Gasteiger partial charge in [-0.15, -0.1) is 0 Å². The van der Waals surface area contributed by atoms with Gasteiger partial charge in [0.2, 0.25) is 0 Å². The van der Waals surface area contributed by atoms with Gasteiger partial charge in [0.15, 0.2) is 0 Å². The first kappa shape index (κ1) is 18.8. The lowest BCUT2D eigenvalue weighted by molar-refractivity contribution is 0.00578. The number of hydrogen-bond acceptors (Lipinski definition) is 4. The Morgan fingerprint density at radius 3 is 2.30 bits per heavy atom. The van der Waals surface area contributed by atoms with Crippen molar-refractivity contribution in [3.63, 3.8) is 0 Å². The number of ether oxygens (including phenoxy) is 1. The van der Waals surface area contributed by atoms with Gasteiger partial charge < -0.3 is 19.2 Å². The van der Waals surface area contributed by atoms with E-state index in [1.807, 2.05) is 33.8 Å². The summed E-state index contributed by atoms with van der Waals surface area (Å²) in [6, 6.07) is 5.11. The Morgan fingerprint density at radius 1 is 1.04 bits per heavy atom. The van der Waals surface area contributed by atoms with Crippen molar-refractivity contribution in [1.29, 1.82) is 0 Å². The summed E-state index contributed by atoms with van der Waals surface area (Å²) in [5.41, 5.74) is -1.22. The Labute approximate surface area is 160 Å². The number of phenolic OH excluding ortho intramolecular Hbond substituents is 1. The zero-order chi connectivity index (χ0) is 19.4. The molecule has 2 heterocycles. The van der Waals surface area contributed by atoms with Crippen LogP contribution in [0.3, 0.4) is 0 Å². The first-order valence-corrected chi connectivity index (χ1v) is 9.90. The lowest BCUT2D eigenvalue weighted by atomic mass is 9.73. The molecule has 1 aromatic rings. The van der Waals surface area contributed by atoms with Crippen LogP contribution in [-0.2, 0) is 9.31 Å². The first-order valence-electron chi connectivity index (χ1n) is 9.90. The maximum Gasteiger partial charge on any atom is 0.525 e. The lowest BCUT2D eigenvalue weighted by Gasteiger charge is -2.42. The van der Waals surface area contributed by atoms with Crippen LogP contribution in [0.2, 0.25) is 0 Å². The minimum absolute atomic E-state index is 0.0276. The van der Waals surface area contributed by atoms with Crippen molar-refractivity contribution < 1.29 is 23.5 Å². The van der Waals surface area contributed by atoms with E-state index in [9.17, 15) is 5.11 Å². The van der Waals surface area contributed by atoms with E-state index in [1.165, 1.54) is 6.42 Å². The SMILES string of the molecule is CC1(C)OB(C(F)=C2CC3(CCCCC3)Oc3cccc(O)c32)OC1(C)C. The molecule has 0 atom stereocenters. The van der Waals surface area contributed by atoms with Crippen LogP contribution in [0.1, 0.15) is 71.8 Å². The highest BCUT2D eigenvalue weighted by Gasteiger charge is 2.54. The number of halogens is 1. The standard InChI is InChI=1S/C21H28BFO4/c1-19(2)20(3,4)27-22(26-19)18(23)14-13-21(11-6-5-7-12-21)25-16-10-8-9-15(24)17(14)16/h8-10,24H,5-7,11-13H2,1-4H3. The van der Waals surface area contributed by atoms with Gasteiger partial charge in [-0.25, -0.2) is 4.39 Å². The maximum absolute atomic E-state index is 15.7. The molecule has 0 aromatic heterocycles. The van der Waals surface area contributed by atoms with Crippen LogP contribution in [0.15, 0.2) is 23.9 Å². The molecular weight excluding hydrogens is 346 g/mol. The number of fused-ring (bicyclic) bond motifs is 1. The molecule has 1 spiro atoms. The molecule has 0 bridgehead atoms. The summed E-state index contributed by atoms with van der Waals surface area (Å²) in [6.07, 6.45) is 5.52. The van der Waals surface area contributed by atoms with Crippen LogP contribution in [0.5, 0.6) is 11.5 Å². The number of benzene rings is 1. The smallest absolute Gasteiger partial charge is 0.507 e. The summed E-state index contributed by atoms with van der Waals surface area (Å²) in [6.45, 7) is 7.62. The van der Waals surface area contributed by atoms with E-state index in [0.29, 0.717) is 23.3 Å². The van der Waals surface area contributed by atoms with Crippen LogP contribution in [-0.4, -0.2) is 29.0 Å². The van der Waals surface area contributed by atoms with E-state index in [0.717, 1.165) is 25.7 Å². The second kappa shape index (κ2) is 6.24. The summed E-state index contributed by atoms with van der Waals surface area (Å²) >= 11 is 0. The van der Waals surface area contributed by atoms with Crippen molar-refractivity contribution in [2.24, 2.45) is 0 Å². The van der Waals surface area contributed by atoms with E-state index < -0.39 is 29.6 Å². The van der Waals surface area contributed by atoms with E-state index >= 15 is 4.39 Å². The minimum Gasteiger partial charge on any atom is -0.507 e. The highest BCUT2D eigenvalue weighted by atomic mass is 19.1. The Morgan fingerprint density at radius 2 is 1.67 bits per heavy atom. The summed E-state index contributed by atoms with van der Waals surface area (Å²) < 4.78 is 33.9. The van der Waals surface area contributed by atoms with Crippen LogP contribution in [0, 0.1) is 0 Å². The number of hydrogen-bond donors (Lipinski definition) is 1. The molecule has 4 rings (SSSR count). The molecule has 2 aliphatic heterocycles. The average molecular weight is 374 g/mol.